The highest BCUT2D eigenvalue weighted by Crippen LogP contribution is 2.38. The third-order valence-corrected chi connectivity index (χ3v) is 8.37. The van der Waals surface area contributed by atoms with E-state index in [4.69, 9.17) is 0 Å². The second-order valence-corrected chi connectivity index (χ2v) is 10.9. The summed E-state index contributed by atoms with van der Waals surface area (Å²) in [6.45, 7) is 1.87. The summed E-state index contributed by atoms with van der Waals surface area (Å²) >= 11 is 1.33. The maximum absolute atomic E-state index is 13.6. The average molecular weight is 506 g/mol. The van der Waals surface area contributed by atoms with E-state index in [0.717, 1.165) is 14.4 Å². The van der Waals surface area contributed by atoms with Crippen molar-refractivity contribution in [3.05, 3.63) is 107 Å². The molecule has 2 aromatic carbocycles. The molecule has 0 aliphatic heterocycles. The van der Waals surface area contributed by atoms with Crippen molar-refractivity contribution >= 4 is 32.7 Å². The van der Waals surface area contributed by atoms with Gasteiger partial charge in [0.05, 0.1) is 4.90 Å². The largest absolute Gasteiger partial charge is 0.317 e. The maximum atomic E-state index is 13.6. The maximum Gasteiger partial charge on any atom is 0.275 e. The van der Waals surface area contributed by atoms with E-state index in [-0.39, 0.29) is 16.2 Å². The molecule has 0 aliphatic rings. The van der Waals surface area contributed by atoms with Crippen molar-refractivity contribution in [3.8, 4) is 11.1 Å². The first-order valence-electron chi connectivity index (χ1n) is 10.7. The number of hydrogen-bond donors (Lipinski definition) is 0. The molecule has 6 nitrogen and oxygen atoms in total. The lowest BCUT2D eigenvalue weighted by molar-refractivity contribution is 0.589. The molecule has 0 saturated heterocycles. The minimum Gasteiger partial charge on any atom is -0.317 e. The Morgan fingerprint density at radius 2 is 1.66 bits per heavy atom. The van der Waals surface area contributed by atoms with E-state index in [1.54, 1.807) is 55.8 Å². The number of benzene rings is 2. The van der Waals surface area contributed by atoms with E-state index >= 15 is 0 Å². The fraction of sp³-hybridized carbons (Fsp3) is 0.0769. The third kappa shape index (κ3) is 4.17. The number of aromatic nitrogens is 3. The monoisotopic (exact) mass is 505 g/mol. The van der Waals surface area contributed by atoms with Crippen LogP contribution in [0, 0.1) is 12.7 Å². The summed E-state index contributed by atoms with van der Waals surface area (Å²) in [7, 11) is -2.47. The zero-order valence-corrected chi connectivity index (χ0v) is 20.5. The number of fused-ring (bicyclic) bond motifs is 1. The standard InChI is InChI=1S/C26H20FN3O3S2/c1-17-5-11-20(12-6-17)35(32,33)30-16-23(21-13-15-29(2)26(31)24(21)30)22-4-3-14-28-25(22)34-19-9-7-18(27)8-10-19/h3-16H,1-2H3. The number of halogens is 1. The van der Waals surface area contributed by atoms with E-state index in [1.165, 1.54) is 46.8 Å². The molecule has 5 rings (SSSR count). The summed E-state index contributed by atoms with van der Waals surface area (Å²) in [6.07, 6.45) is 4.73. The molecule has 0 unspecified atom stereocenters. The minimum absolute atomic E-state index is 0.0622. The van der Waals surface area contributed by atoms with E-state index in [2.05, 4.69) is 4.98 Å². The van der Waals surface area contributed by atoms with Crippen LogP contribution < -0.4 is 5.56 Å². The summed E-state index contributed by atoms with van der Waals surface area (Å²) in [5.74, 6) is -0.337. The quantitative estimate of drug-likeness (QED) is 0.327. The average Bonchev–Trinajstić information content (AvgIpc) is 3.24. The number of hydrogen-bond acceptors (Lipinski definition) is 5. The molecule has 0 atom stereocenters. The van der Waals surface area contributed by atoms with E-state index in [0.29, 0.717) is 21.5 Å². The molecule has 5 aromatic rings. The zero-order chi connectivity index (χ0) is 24.7. The smallest absolute Gasteiger partial charge is 0.275 e. The van der Waals surface area contributed by atoms with Gasteiger partial charge in [0.2, 0.25) is 0 Å². The Morgan fingerprint density at radius 3 is 2.37 bits per heavy atom. The van der Waals surface area contributed by atoms with Gasteiger partial charge in [0.1, 0.15) is 16.4 Å². The topological polar surface area (TPSA) is 74.0 Å². The molecule has 0 N–H and O–H groups in total. The Bertz CT molecular complexity index is 1720. The van der Waals surface area contributed by atoms with E-state index in [9.17, 15) is 17.6 Å². The van der Waals surface area contributed by atoms with Crippen LogP contribution in [0.4, 0.5) is 4.39 Å². The first kappa shape index (κ1) is 23.1. The normalized spacial score (nSPS) is 11.7. The number of aryl methyl sites for hydroxylation is 2. The van der Waals surface area contributed by atoms with Crippen LogP contribution in [0.25, 0.3) is 22.0 Å². The van der Waals surface area contributed by atoms with Crippen LogP contribution >= 0.6 is 11.8 Å². The van der Waals surface area contributed by atoms with Gasteiger partial charge in [0, 0.05) is 47.0 Å². The highest BCUT2D eigenvalue weighted by molar-refractivity contribution is 7.99. The Hall–Kier alpha value is -3.69. The molecule has 0 bridgehead atoms. The Morgan fingerprint density at radius 1 is 0.943 bits per heavy atom. The summed E-state index contributed by atoms with van der Waals surface area (Å²) in [6, 6.07) is 17.9. The lowest BCUT2D eigenvalue weighted by atomic mass is 10.1. The second-order valence-electron chi connectivity index (χ2n) is 8.06. The molecule has 0 amide bonds. The van der Waals surface area contributed by atoms with E-state index in [1.807, 2.05) is 13.0 Å². The van der Waals surface area contributed by atoms with Crippen LogP contribution in [-0.4, -0.2) is 21.9 Å². The molecule has 3 heterocycles. The predicted molar refractivity (Wildman–Crippen MR) is 135 cm³/mol. The van der Waals surface area contributed by atoms with Crippen molar-refractivity contribution in [2.45, 2.75) is 21.7 Å². The predicted octanol–water partition coefficient (Wildman–Crippen LogP) is 5.24. The van der Waals surface area contributed by atoms with Gasteiger partial charge in [-0.2, -0.15) is 0 Å². The molecule has 0 spiro atoms. The Kier molecular flexibility index (Phi) is 5.82. The van der Waals surface area contributed by atoms with Crippen molar-refractivity contribution < 1.29 is 12.8 Å². The summed E-state index contributed by atoms with van der Waals surface area (Å²) in [5, 5.41) is 1.10. The number of nitrogens with zero attached hydrogens (tertiary/aromatic N) is 3. The molecule has 0 fully saturated rings. The van der Waals surface area contributed by atoms with Crippen molar-refractivity contribution in [1.29, 1.82) is 0 Å². The highest BCUT2D eigenvalue weighted by atomic mass is 32.2. The van der Waals surface area contributed by atoms with Gasteiger partial charge in [-0.15, -0.1) is 0 Å². The molecular formula is C26H20FN3O3S2. The SMILES string of the molecule is Cc1ccc(S(=O)(=O)n2cc(-c3cccnc3Sc3ccc(F)cc3)c3ccn(C)c(=O)c32)cc1. The van der Waals surface area contributed by atoms with Gasteiger partial charge in [-0.25, -0.2) is 21.8 Å². The molecular weight excluding hydrogens is 485 g/mol. The van der Waals surface area contributed by atoms with Crippen molar-refractivity contribution in [3.63, 3.8) is 0 Å². The Labute approximate surface area is 205 Å². The summed E-state index contributed by atoms with van der Waals surface area (Å²) in [5.41, 5.74) is 1.79. The highest BCUT2D eigenvalue weighted by Gasteiger charge is 2.25. The van der Waals surface area contributed by atoms with Crippen LogP contribution in [0.15, 0.2) is 105 Å². The van der Waals surface area contributed by atoms with Gasteiger partial charge >= 0.3 is 0 Å². The van der Waals surface area contributed by atoms with Gasteiger partial charge in [0.25, 0.3) is 15.6 Å². The van der Waals surface area contributed by atoms with Gasteiger partial charge in [0.15, 0.2) is 0 Å². The van der Waals surface area contributed by atoms with Crippen LogP contribution in [-0.2, 0) is 17.1 Å². The fourth-order valence-corrected chi connectivity index (χ4v) is 6.08. The molecule has 35 heavy (non-hydrogen) atoms. The molecule has 3 aromatic heterocycles. The van der Waals surface area contributed by atoms with Crippen LogP contribution in [0.1, 0.15) is 5.56 Å². The van der Waals surface area contributed by atoms with Crippen molar-refractivity contribution in [1.82, 2.24) is 13.5 Å². The molecule has 176 valence electrons. The molecule has 9 heteroatoms. The molecule has 0 aliphatic carbocycles. The van der Waals surface area contributed by atoms with Gasteiger partial charge in [-0.05, 0) is 55.5 Å². The molecule has 0 saturated carbocycles. The first-order valence-corrected chi connectivity index (χ1v) is 12.9. The van der Waals surface area contributed by atoms with Crippen molar-refractivity contribution in [2.24, 2.45) is 7.05 Å². The van der Waals surface area contributed by atoms with Gasteiger partial charge < -0.3 is 4.57 Å². The lowest BCUT2D eigenvalue weighted by Gasteiger charge is -2.08. The third-order valence-electron chi connectivity index (χ3n) is 5.67. The summed E-state index contributed by atoms with van der Waals surface area (Å²) in [4.78, 5) is 18.5. The van der Waals surface area contributed by atoms with Crippen molar-refractivity contribution in [2.75, 3.05) is 0 Å². The molecule has 0 radical (unpaired) electrons. The number of pyridine rings is 2. The second kappa shape index (κ2) is 8.83. The fourth-order valence-electron chi connectivity index (χ4n) is 3.82. The first-order chi connectivity index (χ1) is 16.8. The summed E-state index contributed by atoms with van der Waals surface area (Å²) < 4.78 is 43.1. The van der Waals surface area contributed by atoms with Gasteiger partial charge in [-0.1, -0.05) is 35.5 Å². The van der Waals surface area contributed by atoms with Gasteiger partial charge in [-0.3, -0.25) is 4.79 Å². The zero-order valence-electron chi connectivity index (χ0n) is 18.8. The number of rotatable bonds is 5. The van der Waals surface area contributed by atoms with Crippen LogP contribution in [0.5, 0.6) is 0 Å². The van der Waals surface area contributed by atoms with Crippen LogP contribution in [0.3, 0.4) is 0 Å². The minimum atomic E-state index is -4.05. The lowest BCUT2D eigenvalue weighted by Crippen LogP contribution is -2.21. The van der Waals surface area contributed by atoms with Crippen LogP contribution in [0.2, 0.25) is 0 Å². The Balaban J connectivity index is 1.74. The van der Waals surface area contributed by atoms with E-state index < -0.39 is 15.6 Å².